The summed E-state index contributed by atoms with van der Waals surface area (Å²) in [7, 11) is 0. The van der Waals surface area contributed by atoms with E-state index in [0.29, 0.717) is 15.4 Å². The second-order valence-electron chi connectivity index (χ2n) is 5.12. The number of hydrogen-bond acceptors (Lipinski definition) is 5. The van der Waals surface area contributed by atoms with Crippen LogP contribution in [0.3, 0.4) is 0 Å². The van der Waals surface area contributed by atoms with Crippen molar-refractivity contribution in [3.8, 4) is 0 Å². The summed E-state index contributed by atoms with van der Waals surface area (Å²) >= 11 is 6.00. The van der Waals surface area contributed by atoms with Crippen LogP contribution in [0.25, 0.3) is 5.70 Å². The summed E-state index contributed by atoms with van der Waals surface area (Å²) in [4.78, 5) is 18.4. The lowest BCUT2D eigenvalue weighted by molar-refractivity contribution is -0.0125. The van der Waals surface area contributed by atoms with Gasteiger partial charge in [0.05, 0.1) is 16.6 Å². The maximum atomic E-state index is 14.3. The quantitative estimate of drug-likeness (QED) is 0.848. The van der Waals surface area contributed by atoms with Gasteiger partial charge in [-0.1, -0.05) is 17.7 Å². The third kappa shape index (κ3) is 3.40. The van der Waals surface area contributed by atoms with E-state index >= 15 is 0 Å². The highest BCUT2D eigenvalue weighted by molar-refractivity contribution is 6.30. The van der Waals surface area contributed by atoms with E-state index in [1.54, 1.807) is 6.07 Å². The molecule has 9 heteroatoms. The minimum atomic E-state index is -0.852. The lowest BCUT2D eigenvalue weighted by Crippen LogP contribution is -2.32. The molecule has 0 bridgehead atoms. The third-order valence-electron chi connectivity index (χ3n) is 3.52. The maximum Gasteiger partial charge on any atom is 0.173 e. The molecule has 0 radical (unpaired) electrons. The van der Waals surface area contributed by atoms with E-state index in [0.717, 1.165) is 12.1 Å². The molecule has 0 saturated heterocycles. The molecule has 1 aliphatic heterocycles. The van der Waals surface area contributed by atoms with Crippen LogP contribution in [0.4, 0.5) is 8.78 Å². The number of hydroxylamine groups is 2. The number of fused-ring (bicyclic) bond motifs is 1. The Morgan fingerprint density at radius 1 is 1.24 bits per heavy atom. The smallest absolute Gasteiger partial charge is 0.173 e. The number of benzene rings is 2. The Morgan fingerprint density at radius 3 is 2.64 bits per heavy atom. The number of hydrogen-bond donors (Lipinski definition) is 1. The first kappa shape index (κ1) is 17.1. The average molecular weight is 365 g/mol. The monoisotopic (exact) mass is 364 g/mol. The van der Waals surface area contributed by atoms with Crippen molar-refractivity contribution in [1.29, 1.82) is 0 Å². The lowest BCUT2D eigenvalue weighted by Gasteiger charge is -2.20. The molecule has 2 aromatic rings. The first-order valence-corrected chi connectivity index (χ1v) is 7.51. The van der Waals surface area contributed by atoms with E-state index in [9.17, 15) is 18.9 Å². The maximum absolute atomic E-state index is 14.3. The predicted octanol–water partition coefficient (Wildman–Crippen LogP) is 2.22. The van der Waals surface area contributed by atoms with Gasteiger partial charge in [-0.05, 0) is 35.5 Å². The first-order chi connectivity index (χ1) is 12.0. The summed E-state index contributed by atoms with van der Waals surface area (Å²) in [6, 6.07) is 7.89. The zero-order chi connectivity index (χ0) is 18.0. The Bertz CT molecular complexity index is 974. The van der Waals surface area contributed by atoms with Gasteiger partial charge in [0.1, 0.15) is 24.0 Å². The standard InChI is InChI=1S/C16H11ClF2N4O2/c17-9-4-5-13-10(6-9)16(15-11(18)2-1-3-12(15)19)23(25)7-14(22-13)20-8-21-24/h1-6,25H,7-8H2. The van der Waals surface area contributed by atoms with Crippen LogP contribution < -0.4 is 10.6 Å². The van der Waals surface area contributed by atoms with E-state index in [-0.39, 0.29) is 30.0 Å². The fourth-order valence-corrected chi connectivity index (χ4v) is 2.68. The van der Waals surface area contributed by atoms with Crippen molar-refractivity contribution in [1.82, 2.24) is 5.06 Å². The van der Waals surface area contributed by atoms with Crippen LogP contribution in [0.1, 0.15) is 5.56 Å². The summed E-state index contributed by atoms with van der Waals surface area (Å²) in [5, 5.41) is 14.5. The lowest BCUT2D eigenvalue weighted by atomic mass is 10.1. The van der Waals surface area contributed by atoms with Crippen LogP contribution >= 0.6 is 11.6 Å². The molecule has 0 atom stereocenters. The van der Waals surface area contributed by atoms with Gasteiger partial charge >= 0.3 is 0 Å². The van der Waals surface area contributed by atoms with Crippen LogP contribution in [0.2, 0.25) is 5.02 Å². The second kappa shape index (κ2) is 7.04. The molecule has 128 valence electrons. The number of aliphatic imine (C=N–C) groups is 1. The molecule has 0 spiro atoms. The van der Waals surface area contributed by atoms with E-state index in [2.05, 4.69) is 15.2 Å². The molecule has 0 aliphatic carbocycles. The molecule has 25 heavy (non-hydrogen) atoms. The van der Waals surface area contributed by atoms with Crippen molar-refractivity contribution >= 4 is 23.1 Å². The predicted molar refractivity (Wildman–Crippen MR) is 87.7 cm³/mol. The first-order valence-electron chi connectivity index (χ1n) is 7.13. The van der Waals surface area contributed by atoms with Crippen molar-refractivity contribution < 1.29 is 14.0 Å². The molecule has 0 aromatic heterocycles. The van der Waals surface area contributed by atoms with E-state index < -0.39 is 17.2 Å². The van der Waals surface area contributed by atoms with Crippen LogP contribution in [0.15, 0.2) is 51.6 Å². The zero-order valence-electron chi connectivity index (χ0n) is 12.7. The molecule has 0 fully saturated rings. The van der Waals surface area contributed by atoms with Crippen molar-refractivity contribution in [3.05, 3.63) is 74.1 Å². The molecular weight excluding hydrogens is 354 g/mol. The van der Waals surface area contributed by atoms with Crippen molar-refractivity contribution in [2.45, 2.75) is 0 Å². The number of nitrogens with zero attached hydrogens (tertiary/aromatic N) is 4. The van der Waals surface area contributed by atoms with Gasteiger partial charge in [0.15, 0.2) is 6.67 Å². The Kier molecular flexibility index (Phi) is 4.82. The molecule has 3 rings (SSSR count). The fourth-order valence-electron chi connectivity index (χ4n) is 2.51. The second-order valence-corrected chi connectivity index (χ2v) is 5.56. The van der Waals surface area contributed by atoms with Crippen molar-refractivity contribution in [3.63, 3.8) is 0 Å². The molecule has 2 aromatic carbocycles. The van der Waals surface area contributed by atoms with Gasteiger partial charge in [0.2, 0.25) is 0 Å². The molecular formula is C16H11ClF2N4O2. The van der Waals surface area contributed by atoms with Crippen LogP contribution in [0, 0.1) is 16.5 Å². The Hall–Kier alpha value is -2.71. The summed E-state index contributed by atoms with van der Waals surface area (Å²) in [6.07, 6.45) is 0. The van der Waals surface area contributed by atoms with Gasteiger partial charge < -0.3 is 0 Å². The van der Waals surface area contributed by atoms with E-state index in [4.69, 9.17) is 11.6 Å². The normalized spacial score (nSPS) is 15.6. The molecule has 0 unspecified atom stereocenters. The van der Waals surface area contributed by atoms with Gasteiger partial charge in [0.25, 0.3) is 0 Å². The number of nitroso groups, excluding NO2 is 1. The number of amidine groups is 1. The Balaban J connectivity index is 2.40. The van der Waals surface area contributed by atoms with Gasteiger partial charge in [0, 0.05) is 10.2 Å². The van der Waals surface area contributed by atoms with Crippen molar-refractivity contribution in [2.24, 2.45) is 15.2 Å². The molecule has 0 saturated carbocycles. The molecule has 1 heterocycles. The van der Waals surface area contributed by atoms with Gasteiger partial charge in [-0.3, -0.25) is 5.21 Å². The molecule has 6 nitrogen and oxygen atoms in total. The summed E-state index contributed by atoms with van der Waals surface area (Å²) in [5.74, 6) is -1.62. The average Bonchev–Trinajstić information content (AvgIpc) is 2.70. The minimum absolute atomic E-state index is 0.0809. The van der Waals surface area contributed by atoms with Gasteiger partial charge in [-0.2, -0.15) is 0 Å². The Labute approximate surface area is 145 Å². The number of halogens is 3. The van der Waals surface area contributed by atoms with Crippen LogP contribution in [0.5, 0.6) is 0 Å². The van der Waals surface area contributed by atoms with Gasteiger partial charge in [-0.25, -0.2) is 23.8 Å². The largest absolute Gasteiger partial charge is 0.288 e. The summed E-state index contributed by atoms with van der Waals surface area (Å²) in [6.45, 7) is -0.677. The van der Waals surface area contributed by atoms with Crippen LogP contribution in [-0.4, -0.2) is 29.3 Å². The summed E-state index contributed by atoms with van der Waals surface area (Å²) in [5.41, 5.74) is -0.556. The molecule has 0 amide bonds. The SMILES string of the molecule is O=NCN=C1CN(O)C(c2c(F)cccc2F)=c2cc(Cl)ccc2=N1. The molecule has 1 N–H and O–H groups in total. The third-order valence-corrected chi connectivity index (χ3v) is 3.76. The minimum Gasteiger partial charge on any atom is -0.288 e. The zero-order valence-corrected chi connectivity index (χ0v) is 13.4. The highest BCUT2D eigenvalue weighted by Gasteiger charge is 2.23. The summed E-state index contributed by atoms with van der Waals surface area (Å²) < 4.78 is 28.6. The topological polar surface area (TPSA) is 77.6 Å². The van der Waals surface area contributed by atoms with Crippen LogP contribution in [-0.2, 0) is 0 Å². The van der Waals surface area contributed by atoms with Crippen molar-refractivity contribution in [2.75, 3.05) is 13.2 Å². The fraction of sp³-hybridized carbons (Fsp3) is 0.125. The van der Waals surface area contributed by atoms with E-state index in [1.807, 2.05) is 0 Å². The van der Waals surface area contributed by atoms with Gasteiger partial charge in [-0.15, -0.1) is 4.91 Å². The molecule has 1 aliphatic rings. The number of rotatable bonds is 3. The van der Waals surface area contributed by atoms with E-state index in [1.165, 1.54) is 18.2 Å². The Morgan fingerprint density at radius 2 is 1.96 bits per heavy atom. The highest BCUT2D eigenvalue weighted by Crippen LogP contribution is 2.22. The highest BCUT2D eigenvalue weighted by atomic mass is 35.5.